The van der Waals surface area contributed by atoms with Gasteiger partial charge in [-0.25, -0.2) is 0 Å². The number of ether oxygens (including phenoxy) is 1. The van der Waals surface area contributed by atoms with Gasteiger partial charge < -0.3 is 15.2 Å². The molecule has 1 aromatic rings. The fourth-order valence-corrected chi connectivity index (χ4v) is 2.74. The minimum absolute atomic E-state index is 0.0778. The lowest BCUT2D eigenvalue weighted by Crippen LogP contribution is -2.28. The molecule has 2 atom stereocenters. The van der Waals surface area contributed by atoms with E-state index in [1.165, 1.54) is 12.0 Å². The summed E-state index contributed by atoms with van der Waals surface area (Å²) in [6.45, 7) is 4.60. The molecule has 1 aromatic carbocycles. The van der Waals surface area contributed by atoms with Crippen LogP contribution in [-0.4, -0.2) is 24.4 Å². The second kappa shape index (κ2) is 7.51. The van der Waals surface area contributed by atoms with E-state index in [0.717, 1.165) is 38.1 Å². The zero-order chi connectivity index (χ0) is 13.5. The summed E-state index contributed by atoms with van der Waals surface area (Å²) in [7, 11) is 0. The fraction of sp³-hybridized carbons (Fsp3) is 0.625. The van der Waals surface area contributed by atoms with Crippen molar-refractivity contribution in [2.45, 2.75) is 45.3 Å². The van der Waals surface area contributed by atoms with E-state index in [1.807, 2.05) is 19.1 Å². The minimum Gasteiger partial charge on any atom is -0.494 e. The largest absolute Gasteiger partial charge is 0.494 e. The summed E-state index contributed by atoms with van der Waals surface area (Å²) in [4.78, 5) is 0. The van der Waals surface area contributed by atoms with Gasteiger partial charge >= 0.3 is 0 Å². The Balaban J connectivity index is 1.70. The number of hydrogen-bond acceptors (Lipinski definition) is 3. The monoisotopic (exact) mass is 263 g/mol. The molecule has 1 aliphatic rings. The number of hydrogen-bond donors (Lipinski definition) is 2. The average Bonchev–Trinajstić information content (AvgIpc) is 2.41. The third-order valence-electron chi connectivity index (χ3n) is 3.75. The molecule has 106 valence electrons. The quantitative estimate of drug-likeness (QED) is 0.829. The van der Waals surface area contributed by atoms with Gasteiger partial charge in [-0.15, -0.1) is 0 Å². The average molecular weight is 263 g/mol. The van der Waals surface area contributed by atoms with Gasteiger partial charge in [0, 0.05) is 6.54 Å². The molecule has 2 unspecified atom stereocenters. The van der Waals surface area contributed by atoms with E-state index < -0.39 is 0 Å². The maximum Gasteiger partial charge on any atom is 0.119 e. The molecule has 3 heteroatoms. The first-order valence-corrected chi connectivity index (χ1v) is 7.38. The van der Waals surface area contributed by atoms with Crippen LogP contribution in [0.2, 0.25) is 0 Å². The molecular weight excluding hydrogens is 238 g/mol. The van der Waals surface area contributed by atoms with E-state index in [0.29, 0.717) is 12.5 Å². The van der Waals surface area contributed by atoms with E-state index >= 15 is 0 Å². The van der Waals surface area contributed by atoms with Crippen LogP contribution in [0.25, 0.3) is 0 Å². The van der Waals surface area contributed by atoms with Crippen molar-refractivity contribution in [3.63, 3.8) is 0 Å². The molecule has 1 saturated carbocycles. The van der Waals surface area contributed by atoms with Crippen LogP contribution >= 0.6 is 0 Å². The molecule has 0 saturated heterocycles. The number of aliphatic hydroxyl groups is 1. The number of aliphatic hydroxyl groups excluding tert-OH is 1. The van der Waals surface area contributed by atoms with E-state index in [-0.39, 0.29) is 6.10 Å². The highest BCUT2D eigenvalue weighted by Gasteiger charge is 2.19. The van der Waals surface area contributed by atoms with Gasteiger partial charge in [0.25, 0.3) is 0 Å². The zero-order valence-corrected chi connectivity index (χ0v) is 11.8. The fourth-order valence-electron chi connectivity index (χ4n) is 2.74. The first kappa shape index (κ1) is 14.4. The first-order valence-electron chi connectivity index (χ1n) is 7.38. The van der Waals surface area contributed by atoms with Crippen LogP contribution in [0.15, 0.2) is 24.3 Å². The van der Waals surface area contributed by atoms with Crippen molar-refractivity contribution in [3.05, 3.63) is 29.8 Å². The molecule has 2 rings (SSSR count). The van der Waals surface area contributed by atoms with Crippen LogP contribution < -0.4 is 10.1 Å². The summed E-state index contributed by atoms with van der Waals surface area (Å²) in [5.41, 5.74) is 1.28. The Morgan fingerprint density at radius 2 is 2.05 bits per heavy atom. The van der Waals surface area contributed by atoms with Crippen molar-refractivity contribution >= 4 is 0 Å². The molecule has 1 aliphatic carbocycles. The van der Waals surface area contributed by atoms with E-state index in [9.17, 15) is 5.11 Å². The Kier molecular flexibility index (Phi) is 5.67. The number of benzene rings is 1. The second-order valence-electron chi connectivity index (χ2n) is 5.39. The third kappa shape index (κ3) is 4.84. The summed E-state index contributed by atoms with van der Waals surface area (Å²) >= 11 is 0. The lowest BCUT2D eigenvalue weighted by Gasteiger charge is -2.26. The highest BCUT2D eigenvalue weighted by molar-refractivity contribution is 5.27. The first-order chi connectivity index (χ1) is 9.28. The molecule has 1 fully saturated rings. The lowest BCUT2D eigenvalue weighted by atomic mass is 9.87. The number of nitrogens with one attached hydrogen (secondary N) is 1. The maximum atomic E-state index is 9.64. The normalized spacial score (nSPS) is 23.3. The second-order valence-corrected chi connectivity index (χ2v) is 5.39. The molecular formula is C16H25NO2. The molecule has 0 spiro atoms. The summed E-state index contributed by atoms with van der Waals surface area (Å²) in [5, 5.41) is 13.1. The predicted octanol–water partition coefficient (Wildman–Crippen LogP) is 2.73. The van der Waals surface area contributed by atoms with Gasteiger partial charge in [-0.3, -0.25) is 0 Å². The van der Waals surface area contributed by atoms with Crippen LogP contribution in [0.5, 0.6) is 5.75 Å². The van der Waals surface area contributed by atoms with Crippen molar-refractivity contribution < 1.29 is 9.84 Å². The summed E-state index contributed by atoms with van der Waals surface area (Å²) in [6, 6.07) is 8.25. The van der Waals surface area contributed by atoms with Crippen LogP contribution in [0.4, 0.5) is 0 Å². The van der Waals surface area contributed by atoms with Crippen molar-refractivity contribution in [2.24, 2.45) is 5.92 Å². The smallest absolute Gasteiger partial charge is 0.119 e. The Hall–Kier alpha value is -1.06. The maximum absolute atomic E-state index is 9.64. The van der Waals surface area contributed by atoms with E-state index in [2.05, 4.69) is 17.4 Å². The molecule has 2 N–H and O–H groups in total. The standard InChI is InChI=1S/C16H25NO2/c1-2-19-16-8-6-13(7-9-16)11-17-12-14-4-3-5-15(18)10-14/h6-9,14-15,17-18H,2-5,10-12H2,1H3. The third-order valence-corrected chi connectivity index (χ3v) is 3.75. The molecule has 3 nitrogen and oxygen atoms in total. The highest BCUT2D eigenvalue weighted by Crippen LogP contribution is 2.23. The Labute approximate surface area is 116 Å². The molecule has 0 aromatic heterocycles. The summed E-state index contributed by atoms with van der Waals surface area (Å²) in [5.74, 6) is 1.56. The van der Waals surface area contributed by atoms with E-state index in [4.69, 9.17) is 4.74 Å². The van der Waals surface area contributed by atoms with Crippen LogP contribution in [0, 0.1) is 5.92 Å². The summed E-state index contributed by atoms with van der Waals surface area (Å²) in [6.07, 6.45) is 4.27. The van der Waals surface area contributed by atoms with Gasteiger partial charge in [0.1, 0.15) is 5.75 Å². The van der Waals surface area contributed by atoms with Crippen molar-refractivity contribution in [1.29, 1.82) is 0 Å². The van der Waals surface area contributed by atoms with Gasteiger partial charge in [-0.1, -0.05) is 18.6 Å². The van der Waals surface area contributed by atoms with Gasteiger partial charge in [0.05, 0.1) is 12.7 Å². The lowest BCUT2D eigenvalue weighted by molar-refractivity contribution is 0.101. The minimum atomic E-state index is -0.0778. The molecule has 0 aliphatic heterocycles. The SMILES string of the molecule is CCOc1ccc(CNCC2CCCC(O)C2)cc1. The molecule has 0 heterocycles. The van der Waals surface area contributed by atoms with Crippen LogP contribution in [0.3, 0.4) is 0 Å². The zero-order valence-electron chi connectivity index (χ0n) is 11.8. The topological polar surface area (TPSA) is 41.5 Å². The van der Waals surface area contributed by atoms with Gasteiger partial charge in [-0.05, 0) is 56.3 Å². The summed E-state index contributed by atoms with van der Waals surface area (Å²) < 4.78 is 5.42. The predicted molar refractivity (Wildman–Crippen MR) is 77.3 cm³/mol. The molecule has 0 bridgehead atoms. The van der Waals surface area contributed by atoms with Gasteiger partial charge in [-0.2, -0.15) is 0 Å². The highest BCUT2D eigenvalue weighted by atomic mass is 16.5. The molecule has 0 radical (unpaired) electrons. The van der Waals surface area contributed by atoms with Crippen molar-refractivity contribution in [2.75, 3.05) is 13.2 Å². The van der Waals surface area contributed by atoms with Crippen molar-refractivity contribution in [3.8, 4) is 5.75 Å². The van der Waals surface area contributed by atoms with Crippen LogP contribution in [0.1, 0.15) is 38.2 Å². The Morgan fingerprint density at radius 3 is 2.74 bits per heavy atom. The molecule has 19 heavy (non-hydrogen) atoms. The van der Waals surface area contributed by atoms with Gasteiger partial charge in [0.15, 0.2) is 0 Å². The molecule has 0 amide bonds. The van der Waals surface area contributed by atoms with E-state index in [1.54, 1.807) is 0 Å². The Morgan fingerprint density at radius 1 is 1.26 bits per heavy atom. The Bertz CT molecular complexity index is 364. The van der Waals surface area contributed by atoms with Crippen molar-refractivity contribution in [1.82, 2.24) is 5.32 Å². The van der Waals surface area contributed by atoms with Gasteiger partial charge in [0.2, 0.25) is 0 Å². The number of rotatable bonds is 6. The van der Waals surface area contributed by atoms with Crippen LogP contribution in [-0.2, 0) is 6.54 Å².